The monoisotopic (exact) mass is 191 g/mol. The highest BCUT2D eigenvalue weighted by Gasteiger charge is 2.37. The van der Waals surface area contributed by atoms with Gasteiger partial charge in [-0.25, -0.2) is 0 Å². The van der Waals surface area contributed by atoms with Crippen LogP contribution in [0.25, 0.3) is 0 Å². The van der Waals surface area contributed by atoms with Gasteiger partial charge >= 0.3 is 0 Å². The normalized spacial score (nSPS) is 25.0. The van der Waals surface area contributed by atoms with Crippen LogP contribution in [-0.2, 0) is 16.8 Å². The molecule has 1 atom stereocenters. The van der Waals surface area contributed by atoms with Crippen LogP contribution in [0.15, 0.2) is 24.3 Å². The lowest BCUT2D eigenvalue weighted by atomic mass is 9.96. The summed E-state index contributed by atoms with van der Waals surface area (Å²) in [5.74, 6) is 0. The lowest BCUT2D eigenvalue weighted by Crippen LogP contribution is -2.36. The topological polar surface area (TPSA) is 21.3 Å². The van der Waals surface area contributed by atoms with Gasteiger partial charge in [-0.2, -0.15) is 0 Å². The number of likely N-dealkylation sites (N-methyl/N-ethyl adjacent to an activating group) is 1. The van der Waals surface area contributed by atoms with Crippen LogP contribution in [0.1, 0.15) is 17.5 Å². The number of methoxy groups -OCH3 is 1. The molecule has 0 spiro atoms. The molecule has 2 heteroatoms. The molecule has 0 saturated heterocycles. The van der Waals surface area contributed by atoms with E-state index in [-0.39, 0.29) is 5.60 Å². The summed E-state index contributed by atoms with van der Waals surface area (Å²) in [4.78, 5) is 0. The van der Waals surface area contributed by atoms with Crippen molar-refractivity contribution in [3.05, 3.63) is 35.4 Å². The largest absolute Gasteiger partial charge is 0.372 e. The third-order valence-electron chi connectivity index (χ3n) is 3.16. The van der Waals surface area contributed by atoms with E-state index in [0.29, 0.717) is 0 Å². The van der Waals surface area contributed by atoms with Crippen LogP contribution in [0.5, 0.6) is 0 Å². The fraction of sp³-hybridized carbons (Fsp3) is 0.500. The average molecular weight is 191 g/mol. The number of hydrogen-bond acceptors (Lipinski definition) is 2. The van der Waals surface area contributed by atoms with E-state index in [1.54, 1.807) is 7.11 Å². The second-order valence-electron chi connectivity index (χ2n) is 3.89. The van der Waals surface area contributed by atoms with Gasteiger partial charge in [-0.3, -0.25) is 0 Å². The smallest absolute Gasteiger partial charge is 0.106 e. The maximum atomic E-state index is 5.70. The second-order valence-corrected chi connectivity index (χ2v) is 3.89. The van der Waals surface area contributed by atoms with Crippen molar-refractivity contribution >= 4 is 0 Å². The fourth-order valence-corrected chi connectivity index (χ4v) is 2.41. The summed E-state index contributed by atoms with van der Waals surface area (Å²) in [6.07, 6.45) is 2.22. The molecule has 1 N–H and O–H groups in total. The van der Waals surface area contributed by atoms with Crippen LogP contribution in [-0.4, -0.2) is 20.7 Å². The minimum absolute atomic E-state index is 0.0919. The molecule has 0 bridgehead atoms. The Morgan fingerprint density at radius 2 is 2.21 bits per heavy atom. The Kier molecular flexibility index (Phi) is 2.57. The molecule has 1 aliphatic carbocycles. The van der Waals surface area contributed by atoms with E-state index in [9.17, 15) is 0 Å². The van der Waals surface area contributed by atoms with E-state index >= 15 is 0 Å². The first-order valence-corrected chi connectivity index (χ1v) is 5.10. The van der Waals surface area contributed by atoms with Crippen molar-refractivity contribution in [2.45, 2.75) is 18.4 Å². The van der Waals surface area contributed by atoms with Crippen LogP contribution in [0.2, 0.25) is 0 Å². The summed E-state index contributed by atoms with van der Waals surface area (Å²) >= 11 is 0. The molecule has 0 radical (unpaired) electrons. The first kappa shape index (κ1) is 9.69. The van der Waals surface area contributed by atoms with Gasteiger partial charge in [-0.1, -0.05) is 24.3 Å². The molecule has 0 heterocycles. The molecule has 1 unspecified atom stereocenters. The van der Waals surface area contributed by atoms with Crippen molar-refractivity contribution in [1.82, 2.24) is 5.32 Å². The van der Waals surface area contributed by atoms with Crippen molar-refractivity contribution in [2.24, 2.45) is 0 Å². The molecule has 0 fully saturated rings. The molecule has 0 aliphatic heterocycles. The first-order chi connectivity index (χ1) is 6.82. The predicted molar refractivity (Wildman–Crippen MR) is 57.4 cm³/mol. The molecule has 2 nitrogen and oxygen atoms in total. The minimum atomic E-state index is -0.0919. The van der Waals surface area contributed by atoms with Gasteiger partial charge in [0.1, 0.15) is 5.60 Å². The van der Waals surface area contributed by atoms with E-state index in [1.165, 1.54) is 11.1 Å². The Labute approximate surface area is 85.3 Å². The van der Waals surface area contributed by atoms with Crippen LogP contribution in [0.4, 0.5) is 0 Å². The summed E-state index contributed by atoms with van der Waals surface area (Å²) in [7, 11) is 3.78. The molecular weight excluding hydrogens is 174 g/mol. The van der Waals surface area contributed by atoms with Crippen LogP contribution >= 0.6 is 0 Å². The Morgan fingerprint density at radius 3 is 2.93 bits per heavy atom. The zero-order valence-electron chi connectivity index (χ0n) is 8.84. The van der Waals surface area contributed by atoms with E-state index < -0.39 is 0 Å². The van der Waals surface area contributed by atoms with Gasteiger partial charge in [0, 0.05) is 13.7 Å². The summed E-state index contributed by atoms with van der Waals surface area (Å²) < 4.78 is 5.70. The Morgan fingerprint density at radius 1 is 1.43 bits per heavy atom. The third kappa shape index (κ3) is 1.35. The fourth-order valence-electron chi connectivity index (χ4n) is 2.41. The SMILES string of the molecule is CNCC1(OC)CCc2ccccc21. The first-order valence-electron chi connectivity index (χ1n) is 5.10. The van der Waals surface area contributed by atoms with E-state index in [1.807, 2.05) is 7.05 Å². The minimum Gasteiger partial charge on any atom is -0.372 e. The maximum Gasteiger partial charge on any atom is 0.106 e. The van der Waals surface area contributed by atoms with Crippen molar-refractivity contribution < 1.29 is 4.74 Å². The molecule has 1 aromatic rings. The van der Waals surface area contributed by atoms with Gasteiger partial charge in [0.15, 0.2) is 0 Å². The van der Waals surface area contributed by atoms with Gasteiger partial charge in [0.05, 0.1) is 0 Å². The van der Waals surface area contributed by atoms with E-state index in [0.717, 1.165) is 19.4 Å². The summed E-state index contributed by atoms with van der Waals surface area (Å²) in [5, 5.41) is 3.22. The number of aryl methyl sites for hydroxylation is 1. The Balaban J connectivity index is 2.39. The predicted octanol–water partition coefficient (Wildman–Crippen LogP) is 1.69. The molecule has 0 aromatic heterocycles. The number of nitrogens with one attached hydrogen (secondary N) is 1. The van der Waals surface area contributed by atoms with Crippen molar-refractivity contribution in [3.8, 4) is 0 Å². The third-order valence-corrected chi connectivity index (χ3v) is 3.16. The maximum absolute atomic E-state index is 5.70. The highest BCUT2D eigenvalue weighted by molar-refractivity contribution is 5.37. The molecular formula is C12H17NO. The Bertz CT molecular complexity index is 320. The number of rotatable bonds is 3. The Hall–Kier alpha value is -0.860. The van der Waals surface area contributed by atoms with E-state index in [2.05, 4.69) is 29.6 Å². The van der Waals surface area contributed by atoms with Gasteiger partial charge < -0.3 is 10.1 Å². The second kappa shape index (κ2) is 3.71. The quantitative estimate of drug-likeness (QED) is 0.785. The highest BCUT2D eigenvalue weighted by atomic mass is 16.5. The lowest BCUT2D eigenvalue weighted by molar-refractivity contribution is -0.0108. The van der Waals surface area contributed by atoms with Crippen LogP contribution in [0.3, 0.4) is 0 Å². The number of hydrogen-bond donors (Lipinski definition) is 1. The van der Waals surface area contributed by atoms with Crippen LogP contribution in [0, 0.1) is 0 Å². The van der Waals surface area contributed by atoms with Crippen molar-refractivity contribution in [2.75, 3.05) is 20.7 Å². The number of fused-ring (bicyclic) bond motifs is 1. The highest BCUT2D eigenvalue weighted by Crippen LogP contribution is 2.38. The van der Waals surface area contributed by atoms with Crippen LogP contribution < -0.4 is 5.32 Å². The molecule has 14 heavy (non-hydrogen) atoms. The summed E-state index contributed by atoms with van der Waals surface area (Å²) in [5.41, 5.74) is 2.70. The summed E-state index contributed by atoms with van der Waals surface area (Å²) in [6, 6.07) is 8.58. The molecule has 1 aliphatic rings. The standard InChI is InChI=1S/C12H17NO/c1-13-9-12(14-2)8-7-10-5-3-4-6-11(10)12/h3-6,13H,7-9H2,1-2H3. The number of benzene rings is 1. The van der Waals surface area contributed by atoms with Crippen molar-refractivity contribution in [1.29, 1.82) is 0 Å². The van der Waals surface area contributed by atoms with Gasteiger partial charge in [0.2, 0.25) is 0 Å². The van der Waals surface area contributed by atoms with Gasteiger partial charge in [0.25, 0.3) is 0 Å². The lowest BCUT2D eigenvalue weighted by Gasteiger charge is -2.28. The van der Waals surface area contributed by atoms with E-state index in [4.69, 9.17) is 4.74 Å². The number of ether oxygens (including phenoxy) is 1. The zero-order chi connectivity index (χ0) is 10.0. The molecule has 76 valence electrons. The molecule has 2 rings (SSSR count). The van der Waals surface area contributed by atoms with Gasteiger partial charge in [-0.15, -0.1) is 0 Å². The van der Waals surface area contributed by atoms with Crippen molar-refractivity contribution in [3.63, 3.8) is 0 Å². The average Bonchev–Trinajstić information content (AvgIpc) is 2.59. The molecule has 0 amide bonds. The molecule has 0 saturated carbocycles. The summed E-state index contributed by atoms with van der Waals surface area (Å²) in [6.45, 7) is 0.889. The molecule has 1 aromatic carbocycles. The van der Waals surface area contributed by atoms with Gasteiger partial charge in [-0.05, 0) is 31.0 Å². The zero-order valence-corrected chi connectivity index (χ0v) is 8.84.